The Kier molecular flexibility index (Phi) is 3.30. The molecule has 21 heavy (non-hydrogen) atoms. The fourth-order valence-corrected chi connectivity index (χ4v) is 1.94. The van der Waals surface area contributed by atoms with Gasteiger partial charge in [0.1, 0.15) is 11.2 Å². The van der Waals surface area contributed by atoms with Crippen molar-refractivity contribution in [3.05, 3.63) is 34.6 Å². The first-order chi connectivity index (χ1) is 10.2. The molecule has 0 bridgehead atoms. The molecule has 0 aliphatic rings. The van der Waals surface area contributed by atoms with E-state index in [4.69, 9.17) is 0 Å². The van der Waals surface area contributed by atoms with Gasteiger partial charge in [0.05, 0.1) is 30.8 Å². The molecule has 0 radical (unpaired) electrons. The van der Waals surface area contributed by atoms with Crippen LogP contribution in [0.4, 0.5) is 5.82 Å². The normalized spacial score (nSPS) is 11.0. The Hall–Kier alpha value is -2.84. The van der Waals surface area contributed by atoms with Crippen molar-refractivity contribution in [2.75, 3.05) is 11.9 Å². The summed E-state index contributed by atoms with van der Waals surface area (Å²) in [6.45, 7) is 2.97. The summed E-state index contributed by atoms with van der Waals surface area (Å²) < 4.78 is 2.76. The van der Waals surface area contributed by atoms with Gasteiger partial charge < -0.3 is 5.32 Å². The van der Waals surface area contributed by atoms with Crippen LogP contribution in [0.3, 0.4) is 0 Å². The van der Waals surface area contributed by atoms with Gasteiger partial charge in [-0.05, 0) is 6.92 Å². The van der Waals surface area contributed by atoms with Crippen LogP contribution in [0.5, 0.6) is 0 Å². The second kappa shape index (κ2) is 5.27. The van der Waals surface area contributed by atoms with Gasteiger partial charge >= 0.3 is 0 Å². The van der Waals surface area contributed by atoms with Gasteiger partial charge in [-0.2, -0.15) is 5.10 Å². The van der Waals surface area contributed by atoms with Crippen LogP contribution in [0, 0.1) is 0 Å². The van der Waals surface area contributed by atoms with Crippen LogP contribution in [0.15, 0.2) is 23.4 Å². The zero-order valence-corrected chi connectivity index (χ0v) is 11.7. The van der Waals surface area contributed by atoms with E-state index in [0.717, 1.165) is 6.54 Å². The van der Waals surface area contributed by atoms with E-state index >= 15 is 0 Å². The first kappa shape index (κ1) is 13.2. The SMILES string of the molecule is CCNc1cnc(Cn2nnc3c(cnn3C)c2=O)cn1. The highest BCUT2D eigenvalue weighted by molar-refractivity contribution is 5.72. The maximum absolute atomic E-state index is 12.3. The number of hydrogen-bond donors (Lipinski definition) is 1. The summed E-state index contributed by atoms with van der Waals surface area (Å²) in [5, 5.41) is 15.4. The molecule has 1 N–H and O–H groups in total. The van der Waals surface area contributed by atoms with Gasteiger partial charge in [-0.1, -0.05) is 5.21 Å². The average Bonchev–Trinajstić information content (AvgIpc) is 2.86. The van der Waals surface area contributed by atoms with E-state index < -0.39 is 0 Å². The quantitative estimate of drug-likeness (QED) is 0.708. The summed E-state index contributed by atoms with van der Waals surface area (Å²) in [4.78, 5) is 20.7. The molecule has 3 rings (SSSR count). The number of nitrogens with one attached hydrogen (secondary N) is 1. The highest BCUT2D eigenvalue weighted by atomic mass is 16.1. The molecular formula is C12H14N8O. The smallest absolute Gasteiger partial charge is 0.281 e. The molecule has 0 fully saturated rings. The van der Waals surface area contributed by atoms with Crippen LogP contribution in [0.2, 0.25) is 0 Å². The molecule has 9 heteroatoms. The van der Waals surface area contributed by atoms with E-state index in [-0.39, 0.29) is 12.1 Å². The summed E-state index contributed by atoms with van der Waals surface area (Å²) in [6.07, 6.45) is 4.72. The van der Waals surface area contributed by atoms with E-state index in [9.17, 15) is 4.79 Å². The third kappa shape index (κ3) is 2.45. The summed E-state index contributed by atoms with van der Waals surface area (Å²) in [7, 11) is 1.71. The van der Waals surface area contributed by atoms with E-state index in [1.807, 2.05) is 6.92 Å². The Morgan fingerprint density at radius 2 is 2.10 bits per heavy atom. The zero-order chi connectivity index (χ0) is 14.8. The molecule has 0 saturated carbocycles. The fourth-order valence-electron chi connectivity index (χ4n) is 1.94. The van der Waals surface area contributed by atoms with Gasteiger partial charge in [-0.3, -0.25) is 9.78 Å². The van der Waals surface area contributed by atoms with Crippen molar-refractivity contribution in [1.82, 2.24) is 34.7 Å². The van der Waals surface area contributed by atoms with Gasteiger partial charge in [0, 0.05) is 13.6 Å². The summed E-state index contributed by atoms with van der Waals surface area (Å²) in [6, 6.07) is 0. The van der Waals surface area contributed by atoms with Gasteiger partial charge in [-0.25, -0.2) is 14.3 Å². The summed E-state index contributed by atoms with van der Waals surface area (Å²) >= 11 is 0. The van der Waals surface area contributed by atoms with Crippen LogP contribution in [-0.2, 0) is 13.6 Å². The standard InChI is InChI=1S/C12H14N8O/c1-3-13-10-6-14-8(4-15-10)7-20-12(21)9-5-16-19(2)11(9)17-18-20/h4-6H,3,7H2,1-2H3,(H,13,15). The Morgan fingerprint density at radius 1 is 1.24 bits per heavy atom. The van der Waals surface area contributed by atoms with Crippen molar-refractivity contribution >= 4 is 16.9 Å². The average molecular weight is 286 g/mol. The lowest BCUT2D eigenvalue weighted by Gasteiger charge is -2.04. The first-order valence-corrected chi connectivity index (χ1v) is 6.49. The number of aromatic nitrogens is 7. The van der Waals surface area contributed by atoms with Gasteiger partial charge in [0.15, 0.2) is 5.65 Å². The highest BCUT2D eigenvalue weighted by Gasteiger charge is 2.10. The minimum Gasteiger partial charge on any atom is -0.369 e. The molecule has 0 amide bonds. The molecule has 0 spiro atoms. The number of aryl methyl sites for hydroxylation is 1. The van der Waals surface area contributed by atoms with E-state index in [1.54, 1.807) is 19.4 Å². The van der Waals surface area contributed by atoms with Gasteiger partial charge in [-0.15, -0.1) is 5.10 Å². The lowest BCUT2D eigenvalue weighted by Crippen LogP contribution is -2.25. The molecule has 3 heterocycles. The van der Waals surface area contributed by atoms with Crippen molar-refractivity contribution in [1.29, 1.82) is 0 Å². The topological polar surface area (TPSA) is 103 Å². The van der Waals surface area contributed by atoms with Crippen LogP contribution < -0.4 is 10.9 Å². The summed E-state index contributed by atoms with van der Waals surface area (Å²) in [5.74, 6) is 0.697. The molecule has 108 valence electrons. The Labute approximate surface area is 119 Å². The van der Waals surface area contributed by atoms with Crippen molar-refractivity contribution in [3.63, 3.8) is 0 Å². The van der Waals surface area contributed by atoms with E-state index in [1.165, 1.54) is 15.6 Å². The molecule has 9 nitrogen and oxygen atoms in total. The zero-order valence-electron chi connectivity index (χ0n) is 11.7. The maximum Gasteiger partial charge on any atom is 0.281 e. The Morgan fingerprint density at radius 3 is 2.81 bits per heavy atom. The number of rotatable bonds is 4. The second-order valence-corrected chi connectivity index (χ2v) is 4.48. The van der Waals surface area contributed by atoms with Crippen molar-refractivity contribution in [3.8, 4) is 0 Å². The number of fused-ring (bicyclic) bond motifs is 1. The Bertz CT molecular complexity index is 819. The molecule has 0 saturated heterocycles. The molecule has 3 aromatic rings. The molecular weight excluding hydrogens is 272 g/mol. The monoisotopic (exact) mass is 286 g/mol. The highest BCUT2D eigenvalue weighted by Crippen LogP contribution is 2.04. The molecule has 3 aromatic heterocycles. The summed E-state index contributed by atoms with van der Waals surface area (Å²) in [5.41, 5.74) is 0.854. The first-order valence-electron chi connectivity index (χ1n) is 6.49. The number of anilines is 1. The minimum absolute atomic E-state index is 0.218. The molecule has 0 aliphatic carbocycles. The molecule has 0 atom stereocenters. The van der Waals surface area contributed by atoms with Gasteiger partial charge in [0.25, 0.3) is 5.56 Å². The maximum atomic E-state index is 12.3. The van der Waals surface area contributed by atoms with Crippen LogP contribution in [-0.4, -0.2) is 41.3 Å². The Balaban J connectivity index is 1.91. The largest absolute Gasteiger partial charge is 0.369 e. The third-order valence-electron chi connectivity index (χ3n) is 2.99. The van der Waals surface area contributed by atoms with E-state index in [0.29, 0.717) is 22.5 Å². The van der Waals surface area contributed by atoms with Gasteiger partial charge in [0.2, 0.25) is 0 Å². The van der Waals surface area contributed by atoms with Crippen LogP contribution >= 0.6 is 0 Å². The van der Waals surface area contributed by atoms with Crippen molar-refractivity contribution in [2.45, 2.75) is 13.5 Å². The lowest BCUT2D eigenvalue weighted by atomic mass is 10.4. The van der Waals surface area contributed by atoms with Crippen LogP contribution in [0.25, 0.3) is 11.0 Å². The molecule has 0 aliphatic heterocycles. The fraction of sp³-hybridized carbons (Fsp3) is 0.333. The molecule has 0 aromatic carbocycles. The molecule has 0 unspecified atom stereocenters. The predicted molar refractivity (Wildman–Crippen MR) is 75.9 cm³/mol. The van der Waals surface area contributed by atoms with E-state index in [2.05, 4.69) is 30.7 Å². The lowest BCUT2D eigenvalue weighted by molar-refractivity contribution is 0.586. The second-order valence-electron chi connectivity index (χ2n) is 4.48. The minimum atomic E-state index is -0.245. The van der Waals surface area contributed by atoms with Crippen LogP contribution in [0.1, 0.15) is 12.6 Å². The van der Waals surface area contributed by atoms with Crippen molar-refractivity contribution < 1.29 is 0 Å². The number of hydrogen-bond acceptors (Lipinski definition) is 7. The predicted octanol–water partition coefficient (Wildman–Crippen LogP) is -0.205. The number of nitrogens with zero attached hydrogens (tertiary/aromatic N) is 7. The third-order valence-corrected chi connectivity index (χ3v) is 2.99. The van der Waals surface area contributed by atoms with Crippen molar-refractivity contribution in [2.24, 2.45) is 7.05 Å².